The first kappa shape index (κ1) is 18.5. The van der Waals surface area contributed by atoms with Crippen molar-refractivity contribution in [3.05, 3.63) is 59.4 Å². The van der Waals surface area contributed by atoms with E-state index in [0.29, 0.717) is 24.4 Å². The topological polar surface area (TPSA) is 64.1 Å². The van der Waals surface area contributed by atoms with Gasteiger partial charge in [0.05, 0.1) is 0 Å². The number of nitrogens with one attached hydrogen (secondary N) is 1. The summed E-state index contributed by atoms with van der Waals surface area (Å²) in [5.41, 5.74) is 0.961. The van der Waals surface area contributed by atoms with E-state index in [0.717, 1.165) is 31.4 Å². The van der Waals surface area contributed by atoms with Crippen molar-refractivity contribution >= 4 is 5.91 Å². The van der Waals surface area contributed by atoms with Crippen LogP contribution in [-0.4, -0.2) is 22.5 Å². The fraction of sp³-hybridized carbons (Fsp3) is 0.450. The summed E-state index contributed by atoms with van der Waals surface area (Å²) in [5.74, 6) is 0.287. The summed E-state index contributed by atoms with van der Waals surface area (Å²) in [4.78, 5) is 20.8. The minimum absolute atomic E-state index is 0.125. The molecule has 5 nitrogen and oxygen atoms in total. The van der Waals surface area contributed by atoms with Crippen molar-refractivity contribution in [3.8, 4) is 0 Å². The fourth-order valence-corrected chi connectivity index (χ4v) is 3.07. The Labute approximate surface area is 153 Å². The molecule has 1 saturated heterocycles. The second-order valence-electron chi connectivity index (χ2n) is 6.82. The minimum atomic E-state index is -0.417. The van der Waals surface area contributed by atoms with Gasteiger partial charge in [-0.2, -0.15) is 0 Å². The maximum atomic E-state index is 13.6. The number of halogens is 1. The standard InChI is InChI=1S/C20H24FN3O2/c1-20(10-4-5-11-26-20)19-23-13-15(14-24-19)12-22-18(25)9-8-16-6-2-3-7-17(16)21/h2-3,6-7,13-14H,4-5,8-12H2,1H3,(H,22,25). The largest absolute Gasteiger partial charge is 0.367 e. The normalized spacial score (nSPS) is 19.9. The van der Waals surface area contributed by atoms with Crippen molar-refractivity contribution in [1.82, 2.24) is 15.3 Å². The quantitative estimate of drug-likeness (QED) is 0.862. The molecule has 0 saturated carbocycles. The van der Waals surface area contributed by atoms with Crippen LogP contribution in [0.25, 0.3) is 0 Å². The molecule has 138 valence electrons. The van der Waals surface area contributed by atoms with Crippen LogP contribution < -0.4 is 5.32 Å². The Morgan fingerprint density at radius 2 is 2.04 bits per heavy atom. The van der Waals surface area contributed by atoms with Gasteiger partial charge in [0.15, 0.2) is 5.82 Å². The maximum absolute atomic E-state index is 13.6. The zero-order chi connectivity index (χ0) is 18.4. The van der Waals surface area contributed by atoms with Gasteiger partial charge in [0, 0.05) is 37.5 Å². The third kappa shape index (κ3) is 4.64. The fourth-order valence-electron chi connectivity index (χ4n) is 3.07. The van der Waals surface area contributed by atoms with E-state index in [1.54, 1.807) is 30.6 Å². The molecule has 0 bridgehead atoms. The third-order valence-electron chi connectivity index (χ3n) is 4.72. The summed E-state index contributed by atoms with van der Waals surface area (Å²) in [6.07, 6.45) is 7.17. The lowest BCUT2D eigenvalue weighted by atomic mass is 9.95. The summed E-state index contributed by atoms with van der Waals surface area (Å²) in [5, 5.41) is 2.82. The molecule has 0 radical (unpaired) electrons. The zero-order valence-electron chi connectivity index (χ0n) is 15.0. The van der Waals surface area contributed by atoms with E-state index >= 15 is 0 Å². The minimum Gasteiger partial charge on any atom is -0.367 e. The molecule has 1 aromatic heterocycles. The van der Waals surface area contributed by atoms with Gasteiger partial charge in [-0.1, -0.05) is 18.2 Å². The first-order valence-corrected chi connectivity index (χ1v) is 9.02. The van der Waals surface area contributed by atoms with Crippen LogP contribution in [0, 0.1) is 5.82 Å². The lowest BCUT2D eigenvalue weighted by molar-refractivity contribution is -0.121. The van der Waals surface area contributed by atoms with E-state index < -0.39 is 5.60 Å². The highest BCUT2D eigenvalue weighted by molar-refractivity contribution is 5.76. The van der Waals surface area contributed by atoms with Gasteiger partial charge in [-0.15, -0.1) is 0 Å². The van der Waals surface area contributed by atoms with Gasteiger partial charge < -0.3 is 10.1 Å². The van der Waals surface area contributed by atoms with Gasteiger partial charge in [0.1, 0.15) is 11.4 Å². The van der Waals surface area contributed by atoms with Crippen LogP contribution in [0.3, 0.4) is 0 Å². The average Bonchev–Trinajstić information content (AvgIpc) is 2.67. The Balaban J connectivity index is 1.48. The Morgan fingerprint density at radius 1 is 1.27 bits per heavy atom. The van der Waals surface area contributed by atoms with Crippen molar-refractivity contribution in [2.24, 2.45) is 0 Å². The molecule has 1 aliphatic heterocycles. The van der Waals surface area contributed by atoms with Crippen LogP contribution in [0.2, 0.25) is 0 Å². The molecule has 0 aliphatic carbocycles. The third-order valence-corrected chi connectivity index (χ3v) is 4.72. The number of carbonyl (C=O) groups is 1. The summed E-state index contributed by atoms with van der Waals surface area (Å²) >= 11 is 0. The Kier molecular flexibility index (Phi) is 5.93. The van der Waals surface area contributed by atoms with Crippen LogP contribution in [0.4, 0.5) is 4.39 Å². The molecule has 26 heavy (non-hydrogen) atoms. The highest BCUT2D eigenvalue weighted by Crippen LogP contribution is 2.32. The number of benzene rings is 1. The summed E-state index contributed by atoms with van der Waals surface area (Å²) in [7, 11) is 0. The van der Waals surface area contributed by atoms with E-state index in [9.17, 15) is 9.18 Å². The van der Waals surface area contributed by atoms with Gasteiger partial charge in [0.25, 0.3) is 0 Å². The van der Waals surface area contributed by atoms with Gasteiger partial charge in [-0.05, 0) is 44.2 Å². The second-order valence-corrected chi connectivity index (χ2v) is 6.82. The van der Waals surface area contributed by atoms with E-state index in [1.807, 2.05) is 6.92 Å². The zero-order valence-corrected chi connectivity index (χ0v) is 15.0. The number of hydrogen-bond acceptors (Lipinski definition) is 4. The number of aromatic nitrogens is 2. The van der Waals surface area contributed by atoms with Crippen LogP contribution in [0.5, 0.6) is 0 Å². The predicted molar refractivity (Wildman–Crippen MR) is 95.8 cm³/mol. The number of rotatable bonds is 6. The van der Waals surface area contributed by atoms with Gasteiger partial charge in [0.2, 0.25) is 5.91 Å². The van der Waals surface area contributed by atoms with Gasteiger partial charge in [-0.25, -0.2) is 14.4 Å². The molecule has 1 amide bonds. The van der Waals surface area contributed by atoms with Gasteiger partial charge >= 0.3 is 0 Å². The molecule has 1 fully saturated rings. The number of carbonyl (C=O) groups excluding carboxylic acids is 1. The molecule has 2 heterocycles. The van der Waals surface area contributed by atoms with Crippen LogP contribution in [-0.2, 0) is 28.1 Å². The van der Waals surface area contributed by atoms with Crippen molar-refractivity contribution < 1.29 is 13.9 Å². The Hall–Kier alpha value is -2.34. The molecular formula is C20H24FN3O2. The monoisotopic (exact) mass is 357 g/mol. The lowest BCUT2D eigenvalue weighted by Gasteiger charge is -2.32. The molecule has 1 unspecified atom stereocenters. The maximum Gasteiger partial charge on any atom is 0.220 e. The summed E-state index contributed by atoms with van der Waals surface area (Å²) in [6.45, 7) is 3.11. The van der Waals surface area contributed by atoms with Crippen LogP contribution in [0.1, 0.15) is 49.6 Å². The van der Waals surface area contributed by atoms with Crippen molar-refractivity contribution in [2.45, 2.75) is 51.2 Å². The number of aryl methyl sites for hydroxylation is 1. The van der Waals surface area contributed by atoms with Crippen molar-refractivity contribution in [2.75, 3.05) is 6.61 Å². The van der Waals surface area contributed by atoms with E-state index in [2.05, 4.69) is 15.3 Å². The highest BCUT2D eigenvalue weighted by atomic mass is 19.1. The van der Waals surface area contributed by atoms with Crippen molar-refractivity contribution in [3.63, 3.8) is 0 Å². The van der Waals surface area contributed by atoms with Crippen molar-refractivity contribution in [1.29, 1.82) is 0 Å². The van der Waals surface area contributed by atoms with E-state index in [4.69, 9.17) is 4.74 Å². The second kappa shape index (κ2) is 8.36. The summed E-state index contributed by atoms with van der Waals surface area (Å²) < 4.78 is 19.4. The Bertz CT molecular complexity index is 743. The van der Waals surface area contributed by atoms with Gasteiger partial charge in [-0.3, -0.25) is 4.79 Å². The number of amides is 1. The summed E-state index contributed by atoms with van der Waals surface area (Å²) in [6, 6.07) is 6.51. The molecule has 3 rings (SSSR count). The van der Waals surface area contributed by atoms with Crippen LogP contribution in [0.15, 0.2) is 36.7 Å². The molecule has 1 N–H and O–H groups in total. The average molecular weight is 357 g/mol. The number of ether oxygens (including phenoxy) is 1. The number of nitrogens with zero attached hydrogens (tertiary/aromatic N) is 2. The lowest BCUT2D eigenvalue weighted by Crippen LogP contribution is -2.32. The first-order valence-electron chi connectivity index (χ1n) is 9.02. The molecule has 0 spiro atoms. The van der Waals surface area contributed by atoms with Crippen LogP contribution >= 0.6 is 0 Å². The SMILES string of the molecule is CC1(c2ncc(CNC(=O)CCc3ccccc3F)cn2)CCCCO1. The molecule has 6 heteroatoms. The smallest absolute Gasteiger partial charge is 0.220 e. The molecule has 1 aromatic carbocycles. The predicted octanol–water partition coefficient (Wildman–Crippen LogP) is 3.28. The molecule has 1 aliphatic rings. The first-order chi connectivity index (χ1) is 12.6. The molecule has 2 aromatic rings. The number of hydrogen-bond donors (Lipinski definition) is 1. The Morgan fingerprint density at radius 3 is 2.73 bits per heavy atom. The van der Waals surface area contributed by atoms with E-state index in [-0.39, 0.29) is 18.1 Å². The highest BCUT2D eigenvalue weighted by Gasteiger charge is 2.32. The molecule has 1 atom stereocenters. The van der Waals surface area contributed by atoms with E-state index in [1.165, 1.54) is 6.07 Å². The molecular weight excluding hydrogens is 333 g/mol.